The number of aliphatic hydroxyl groups is 1. The van der Waals surface area contributed by atoms with Gasteiger partial charge in [-0.25, -0.2) is 9.78 Å². The van der Waals surface area contributed by atoms with Crippen molar-refractivity contribution in [2.24, 2.45) is 0 Å². The number of hydrogen-bond acceptors (Lipinski definition) is 9. The van der Waals surface area contributed by atoms with Crippen LogP contribution in [0.2, 0.25) is 0 Å². The Balaban J connectivity index is 1.90. The first kappa shape index (κ1) is 21.3. The van der Waals surface area contributed by atoms with Gasteiger partial charge in [-0.15, -0.1) is 0 Å². The highest BCUT2D eigenvalue weighted by atomic mass is 32.1. The molecule has 3 heterocycles. The molecule has 1 aliphatic heterocycles. The summed E-state index contributed by atoms with van der Waals surface area (Å²) in [6, 6.07) is 8.59. The van der Waals surface area contributed by atoms with Gasteiger partial charge in [-0.05, 0) is 31.2 Å². The molecule has 0 aliphatic carbocycles. The highest BCUT2D eigenvalue weighted by Gasteiger charge is 2.49. The van der Waals surface area contributed by atoms with E-state index in [9.17, 15) is 19.5 Å². The normalized spacial score (nSPS) is 17.6. The number of nitrogens with zero attached hydrogens (tertiary/aromatic N) is 2. The van der Waals surface area contributed by atoms with Gasteiger partial charge in [0.25, 0.3) is 5.78 Å². The second kappa shape index (κ2) is 8.31. The fraction of sp³-hybridized carbons (Fsp3) is 0.182. The molecule has 0 spiro atoms. The summed E-state index contributed by atoms with van der Waals surface area (Å²) < 4.78 is 15.4. The number of aliphatic hydroxyl groups excluding tert-OH is 1. The smallest absolute Gasteiger partial charge is 0.350 e. The van der Waals surface area contributed by atoms with Crippen LogP contribution in [0.4, 0.5) is 5.13 Å². The van der Waals surface area contributed by atoms with Crippen molar-refractivity contribution in [2.75, 3.05) is 19.1 Å². The Morgan fingerprint density at radius 1 is 1.22 bits per heavy atom. The van der Waals surface area contributed by atoms with Crippen LogP contribution in [0.15, 0.2) is 52.7 Å². The van der Waals surface area contributed by atoms with Crippen LogP contribution < -0.4 is 9.64 Å². The lowest BCUT2D eigenvalue weighted by Gasteiger charge is -2.20. The third kappa shape index (κ3) is 3.44. The van der Waals surface area contributed by atoms with Gasteiger partial charge in [0.05, 0.1) is 31.7 Å². The number of amides is 1. The Kier molecular flexibility index (Phi) is 5.54. The minimum Gasteiger partial charge on any atom is -0.507 e. The summed E-state index contributed by atoms with van der Waals surface area (Å²) >= 11 is 0.913. The van der Waals surface area contributed by atoms with Crippen LogP contribution in [0, 0.1) is 6.92 Å². The number of methoxy groups -OCH3 is 2. The Bertz CT molecular complexity index is 1240. The lowest BCUT2D eigenvalue weighted by Crippen LogP contribution is -2.29. The van der Waals surface area contributed by atoms with Gasteiger partial charge < -0.3 is 19.0 Å². The average Bonchev–Trinajstić information content (AvgIpc) is 3.52. The summed E-state index contributed by atoms with van der Waals surface area (Å²) in [5, 5.41) is 11.1. The second-order valence-electron chi connectivity index (χ2n) is 6.82. The summed E-state index contributed by atoms with van der Waals surface area (Å²) in [5.41, 5.74) is 0.486. The zero-order chi connectivity index (χ0) is 23.0. The molecule has 32 heavy (non-hydrogen) atoms. The molecule has 10 heteroatoms. The van der Waals surface area contributed by atoms with Crippen molar-refractivity contribution in [1.82, 2.24) is 4.98 Å². The van der Waals surface area contributed by atoms with Gasteiger partial charge in [-0.2, -0.15) is 0 Å². The number of hydrogen-bond donors (Lipinski definition) is 1. The van der Waals surface area contributed by atoms with Crippen molar-refractivity contribution in [3.8, 4) is 5.75 Å². The minimum absolute atomic E-state index is 0.107. The lowest BCUT2D eigenvalue weighted by molar-refractivity contribution is -0.132. The van der Waals surface area contributed by atoms with Crippen molar-refractivity contribution in [2.45, 2.75) is 13.0 Å². The van der Waals surface area contributed by atoms with E-state index < -0.39 is 23.7 Å². The largest absolute Gasteiger partial charge is 0.507 e. The molecule has 1 saturated heterocycles. The fourth-order valence-electron chi connectivity index (χ4n) is 3.44. The number of benzene rings is 1. The van der Waals surface area contributed by atoms with Gasteiger partial charge in [0.15, 0.2) is 5.13 Å². The van der Waals surface area contributed by atoms with Crippen LogP contribution >= 0.6 is 11.3 Å². The van der Waals surface area contributed by atoms with E-state index in [0.29, 0.717) is 17.0 Å². The predicted octanol–water partition coefficient (Wildman–Crippen LogP) is 3.47. The Hall–Kier alpha value is -3.92. The van der Waals surface area contributed by atoms with Crippen molar-refractivity contribution in [3.63, 3.8) is 0 Å². The number of aryl methyl sites for hydroxylation is 1. The van der Waals surface area contributed by atoms with E-state index in [1.807, 2.05) is 0 Å². The number of aromatic nitrogens is 1. The SMILES string of the molecule is COC(=O)c1sc(N2C(=O)C(=O)/C(=C(/O)c3cccc(OC)c3)[C@@H]2c2ccco2)nc1C. The molecule has 0 radical (unpaired) electrons. The van der Waals surface area contributed by atoms with Crippen molar-refractivity contribution >= 4 is 39.9 Å². The van der Waals surface area contributed by atoms with Crippen molar-refractivity contribution in [3.05, 3.63) is 70.1 Å². The number of ether oxygens (including phenoxy) is 2. The van der Waals surface area contributed by atoms with Crippen LogP contribution in [0.25, 0.3) is 5.76 Å². The molecule has 1 atom stereocenters. The topological polar surface area (TPSA) is 119 Å². The molecular formula is C22H18N2O7S. The van der Waals surface area contributed by atoms with Crippen LogP contribution in [0.3, 0.4) is 0 Å². The monoisotopic (exact) mass is 454 g/mol. The zero-order valence-corrected chi connectivity index (χ0v) is 18.1. The molecule has 1 fully saturated rings. The standard InChI is InChI=1S/C22H18N2O7S/c1-11-19(21(28)30-3)32-22(23-11)24-16(14-8-5-9-31-14)15(18(26)20(24)27)17(25)12-6-4-7-13(10-12)29-2/h4-10,16,25H,1-3H3/b17-15+/t16-/m0/s1. The first-order chi connectivity index (χ1) is 15.4. The molecule has 1 aliphatic rings. The number of carbonyl (C=O) groups is 3. The molecule has 9 nitrogen and oxygen atoms in total. The summed E-state index contributed by atoms with van der Waals surface area (Å²) in [6.45, 7) is 1.60. The highest BCUT2D eigenvalue weighted by Crippen LogP contribution is 2.44. The lowest BCUT2D eigenvalue weighted by atomic mass is 9.99. The number of thiazole rings is 1. The Labute approximate surface area is 186 Å². The van der Waals surface area contributed by atoms with Gasteiger partial charge >= 0.3 is 11.9 Å². The van der Waals surface area contributed by atoms with Gasteiger partial charge in [-0.1, -0.05) is 23.5 Å². The number of carbonyl (C=O) groups excluding carboxylic acids is 3. The average molecular weight is 454 g/mol. The minimum atomic E-state index is -1.08. The third-order valence-corrected chi connectivity index (χ3v) is 6.10. The number of anilines is 1. The maximum Gasteiger partial charge on any atom is 0.350 e. The second-order valence-corrected chi connectivity index (χ2v) is 7.80. The van der Waals surface area contributed by atoms with Crippen LogP contribution in [0.5, 0.6) is 5.75 Å². The number of Topliss-reactive ketones (excluding diaryl/α,β-unsaturated/α-hetero) is 1. The van der Waals surface area contributed by atoms with Gasteiger partial charge in [0, 0.05) is 5.56 Å². The molecule has 2 aromatic heterocycles. The highest BCUT2D eigenvalue weighted by molar-refractivity contribution is 7.17. The van der Waals surface area contributed by atoms with Gasteiger partial charge in [-0.3, -0.25) is 14.5 Å². The maximum absolute atomic E-state index is 13.1. The first-order valence-electron chi connectivity index (χ1n) is 9.42. The Morgan fingerprint density at radius 3 is 2.66 bits per heavy atom. The maximum atomic E-state index is 13.1. The molecule has 4 rings (SSSR count). The molecule has 1 aromatic carbocycles. The quantitative estimate of drug-likeness (QED) is 0.269. The van der Waals surface area contributed by atoms with Gasteiger partial charge in [0.2, 0.25) is 0 Å². The number of furan rings is 1. The number of esters is 1. The molecule has 0 bridgehead atoms. The Morgan fingerprint density at radius 2 is 2.00 bits per heavy atom. The molecule has 164 valence electrons. The summed E-state index contributed by atoms with van der Waals surface area (Å²) in [5.74, 6) is -2.07. The zero-order valence-electron chi connectivity index (χ0n) is 17.3. The number of rotatable bonds is 5. The van der Waals surface area contributed by atoms with E-state index in [2.05, 4.69) is 4.98 Å². The van der Waals surface area contributed by atoms with Gasteiger partial charge in [0.1, 0.15) is 28.2 Å². The molecule has 0 saturated carbocycles. The van der Waals surface area contributed by atoms with Crippen LogP contribution in [-0.4, -0.2) is 42.0 Å². The molecule has 3 aromatic rings. The third-order valence-electron chi connectivity index (χ3n) is 4.96. The summed E-state index contributed by atoms with van der Waals surface area (Å²) in [7, 11) is 2.72. The van der Waals surface area contributed by atoms with Crippen LogP contribution in [-0.2, 0) is 14.3 Å². The fourth-order valence-corrected chi connectivity index (χ4v) is 4.45. The van der Waals surface area contributed by atoms with E-state index in [0.717, 1.165) is 16.2 Å². The summed E-state index contributed by atoms with van der Waals surface area (Å²) in [6.07, 6.45) is 1.40. The van der Waals surface area contributed by atoms with Crippen molar-refractivity contribution < 1.29 is 33.4 Å². The summed E-state index contributed by atoms with van der Waals surface area (Å²) in [4.78, 5) is 43.8. The predicted molar refractivity (Wildman–Crippen MR) is 115 cm³/mol. The van der Waals surface area contributed by atoms with E-state index in [-0.39, 0.29) is 27.1 Å². The molecule has 0 unspecified atom stereocenters. The van der Waals surface area contributed by atoms with E-state index in [4.69, 9.17) is 13.9 Å². The van der Waals surface area contributed by atoms with Crippen LogP contribution in [0.1, 0.15) is 32.7 Å². The first-order valence-corrected chi connectivity index (χ1v) is 10.2. The van der Waals surface area contributed by atoms with E-state index >= 15 is 0 Å². The molecular weight excluding hydrogens is 436 g/mol. The molecule has 1 N–H and O–H groups in total. The van der Waals surface area contributed by atoms with E-state index in [1.54, 1.807) is 43.3 Å². The van der Waals surface area contributed by atoms with Crippen molar-refractivity contribution in [1.29, 1.82) is 0 Å². The molecule has 1 amide bonds. The van der Waals surface area contributed by atoms with E-state index in [1.165, 1.54) is 20.5 Å². The number of ketones is 1.